The van der Waals surface area contributed by atoms with Crippen molar-refractivity contribution in [3.63, 3.8) is 0 Å². The number of aromatic nitrogens is 2. The van der Waals surface area contributed by atoms with E-state index in [1.165, 1.54) is 6.07 Å². The van der Waals surface area contributed by atoms with E-state index in [1.54, 1.807) is 30.7 Å². The van der Waals surface area contributed by atoms with Gasteiger partial charge in [-0.25, -0.2) is 22.5 Å². The number of hydrogen-bond donors (Lipinski definition) is 2. The van der Waals surface area contributed by atoms with Crippen molar-refractivity contribution >= 4 is 10.0 Å². The molecule has 4 bridgehead atoms. The molecule has 4 unspecified atom stereocenters. The van der Waals surface area contributed by atoms with Gasteiger partial charge in [0.2, 0.25) is 10.0 Å². The van der Waals surface area contributed by atoms with Crippen molar-refractivity contribution in [2.45, 2.75) is 68.0 Å². The Labute approximate surface area is 217 Å². The lowest BCUT2D eigenvalue weighted by Gasteiger charge is -2.61. The fourth-order valence-corrected chi connectivity index (χ4v) is 9.93. The third-order valence-electron chi connectivity index (χ3n) is 9.60. The van der Waals surface area contributed by atoms with E-state index in [-0.39, 0.29) is 29.6 Å². The second-order valence-corrected chi connectivity index (χ2v) is 13.6. The lowest BCUT2D eigenvalue weighted by atomic mass is 9.48. The quantitative estimate of drug-likeness (QED) is 0.487. The van der Waals surface area contributed by atoms with E-state index in [2.05, 4.69) is 9.71 Å². The Bertz CT molecular complexity index is 1450. The number of fused-ring (bicyclic) bond motifs is 3. The van der Waals surface area contributed by atoms with E-state index in [0.29, 0.717) is 22.8 Å². The minimum absolute atomic E-state index is 0.0938. The van der Waals surface area contributed by atoms with Crippen molar-refractivity contribution in [1.29, 1.82) is 0 Å². The van der Waals surface area contributed by atoms with Crippen LogP contribution in [0.25, 0.3) is 11.3 Å². The van der Waals surface area contributed by atoms with E-state index < -0.39 is 21.7 Å². The summed E-state index contributed by atoms with van der Waals surface area (Å²) in [7, 11) is -3.63. The molecule has 194 valence electrons. The van der Waals surface area contributed by atoms with Crippen LogP contribution in [0.1, 0.15) is 55.7 Å². The number of nitrogens with zero attached hydrogens (tertiary/aromatic N) is 2. The van der Waals surface area contributed by atoms with Gasteiger partial charge in [0.25, 0.3) is 0 Å². The van der Waals surface area contributed by atoms with Crippen molar-refractivity contribution in [3.05, 3.63) is 71.9 Å². The van der Waals surface area contributed by atoms with Gasteiger partial charge in [-0.1, -0.05) is 29.8 Å². The zero-order valence-electron chi connectivity index (χ0n) is 20.8. The summed E-state index contributed by atoms with van der Waals surface area (Å²) < 4.78 is 46.7. The molecule has 4 fully saturated rings. The van der Waals surface area contributed by atoms with Crippen molar-refractivity contribution in [1.82, 2.24) is 14.3 Å². The molecule has 37 heavy (non-hydrogen) atoms. The van der Waals surface area contributed by atoms with E-state index in [0.717, 1.165) is 48.9 Å². The molecule has 2 N–H and O–H groups in total. The van der Waals surface area contributed by atoms with E-state index in [4.69, 9.17) is 0 Å². The Morgan fingerprint density at radius 2 is 1.86 bits per heavy atom. The van der Waals surface area contributed by atoms with Gasteiger partial charge >= 0.3 is 0 Å². The van der Waals surface area contributed by atoms with Crippen molar-refractivity contribution in [2.24, 2.45) is 23.7 Å². The molecule has 3 aromatic rings. The second kappa shape index (κ2) is 8.22. The van der Waals surface area contributed by atoms with Gasteiger partial charge < -0.3 is 9.67 Å². The Balaban J connectivity index is 1.13. The average Bonchev–Trinajstić information content (AvgIpc) is 3.41. The Morgan fingerprint density at radius 3 is 2.59 bits per heavy atom. The minimum Gasteiger partial charge on any atom is -0.393 e. The summed E-state index contributed by atoms with van der Waals surface area (Å²) in [6.45, 7) is 1.94. The summed E-state index contributed by atoms with van der Waals surface area (Å²) in [5.41, 5.74) is 2.97. The Kier molecular flexibility index (Phi) is 5.24. The molecule has 2 heterocycles. The number of aliphatic hydroxyl groups excluding tert-OH is 1. The third-order valence-corrected chi connectivity index (χ3v) is 11.2. The topological polar surface area (TPSA) is 84.2 Å². The lowest BCUT2D eigenvalue weighted by Crippen LogP contribution is -2.63. The number of aliphatic hydroxyl groups is 1. The molecule has 0 amide bonds. The molecule has 4 saturated carbocycles. The maximum atomic E-state index is 15.0. The van der Waals surface area contributed by atoms with Crippen LogP contribution in [0.15, 0.2) is 59.9 Å². The third kappa shape index (κ3) is 3.71. The summed E-state index contributed by atoms with van der Waals surface area (Å²) >= 11 is 0. The molecule has 4 aliphatic carbocycles. The molecule has 0 saturated heterocycles. The molecular formula is C29H32FN3O3S. The summed E-state index contributed by atoms with van der Waals surface area (Å²) in [5.74, 6) is 0.840. The minimum atomic E-state index is -3.63. The molecule has 6 nitrogen and oxygen atoms in total. The average molecular weight is 522 g/mol. The molecule has 2 aromatic carbocycles. The number of nitrogens with one attached hydrogen (secondary N) is 1. The monoisotopic (exact) mass is 521 g/mol. The molecule has 0 spiro atoms. The highest BCUT2D eigenvalue weighted by Gasteiger charge is 2.58. The molecular weight excluding hydrogens is 489 g/mol. The van der Waals surface area contributed by atoms with Crippen LogP contribution in [-0.2, 0) is 10.0 Å². The Hall–Kier alpha value is -2.55. The summed E-state index contributed by atoms with van der Waals surface area (Å²) in [6.07, 6.45) is 7.75. The van der Waals surface area contributed by atoms with Crippen LogP contribution < -0.4 is 4.72 Å². The highest BCUT2D eigenvalue weighted by atomic mass is 32.2. The van der Waals surface area contributed by atoms with Crippen LogP contribution >= 0.6 is 0 Å². The van der Waals surface area contributed by atoms with Crippen molar-refractivity contribution in [3.8, 4) is 11.3 Å². The first kappa shape index (κ1) is 23.6. The Morgan fingerprint density at radius 1 is 1.14 bits per heavy atom. The van der Waals surface area contributed by atoms with Gasteiger partial charge in [-0.15, -0.1) is 0 Å². The van der Waals surface area contributed by atoms with Crippen LogP contribution in [0, 0.1) is 36.4 Å². The van der Waals surface area contributed by atoms with Gasteiger partial charge in [0, 0.05) is 16.7 Å². The molecule has 5 aliphatic rings. The highest BCUT2D eigenvalue weighted by molar-refractivity contribution is 7.89. The molecule has 1 aliphatic heterocycles. The van der Waals surface area contributed by atoms with Crippen LogP contribution in [0.2, 0.25) is 0 Å². The lowest BCUT2D eigenvalue weighted by molar-refractivity contribution is -0.106. The highest BCUT2D eigenvalue weighted by Crippen LogP contribution is 2.60. The fourth-order valence-electron chi connectivity index (χ4n) is 8.50. The summed E-state index contributed by atoms with van der Waals surface area (Å²) in [4.78, 5) is 4.59. The molecule has 0 radical (unpaired) electrons. The summed E-state index contributed by atoms with van der Waals surface area (Å²) in [5, 5.41) is 11.6. The van der Waals surface area contributed by atoms with Gasteiger partial charge in [-0.2, -0.15) is 0 Å². The zero-order valence-corrected chi connectivity index (χ0v) is 21.7. The maximum absolute atomic E-state index is 15.0. The van der Waals surface area contributed by atoms with Gasteiger partial charge in [-0.05, 0) is 87.3 Å². The van der Waals surface area contributed by atoms with Crippen LogP contribution in [-0.4, -0.2) is 34.7 Å². The first-order valence-corrected chi connectivity index (χ1v) is 14.8. The fraction of sp³-hybridized carbons (Fsp3) is 0.483. The van der Waals surface area contributed by atoms with Gasteiger partial charge in [-0.3, -0.25) is 0 Å². The number of benzene rings is 2. The molecule has 1 aromatic heterocycles. The predicted molar refractivity (Wildman–Crippen MR) is 138 cm³/mol. The van der Waals surface area contributed by atoms with Crippen LogP contribution in [0.5, 0.6) is 0 Å². The van der Waals surface area contributed by atoms with E-state index in [9.17, 15) is 17.9 Å². The number of sulfonamides is 1. The maximum Gasteiger partial charge on any atom is 0.241 e. The number of halogens is 1. The predicted octanol–water partition coefficient (Wildman–Crippen LogP) is 4.82. The number of aryl methyl sites for hydroxylation is 1. The molecule has 4 atom stereocenters. The number of imidazole rings is 1. The van der Waals surface area contributed by atoms with Crippen molar-refractivity contribution in [2.75, 3.05) is 0 Å². The van der Waals surface area contributed by atoms with Gasteiger partial charge in [0.05, 0.1) is 35.3 Å². The summed E-state index contributed by atoms with van der Waals surface area (Å²) in [6, 6.07) is 11.9. The largest absolute Gasteiger partial charge is 0.393 e. The molecule has 8 rings (SSSR count). The SMILES string of the molecule is Cc1ccc(S(=O)(=O)NC23CC4CC(C2)C(C(O)CC2c5c(F)cccc5-c5cncn52)C(C4)C3)cc1. The van der Waals surface area contributed by atoms with Crippen molar-refractivity contribution < 1.29 is 17.9 Å². The standard InChI is InChI=1S/C29H32FN3O3S/c1-17-5-7-21(8-6-17)37(35,36)32-29-12-18-9-19(13-29)27(20(10-18)14-29)26(34)11-24-28-22(3-2-4-23(28)30)25-15-31-16-33(24)25/h2-8,15-16,18-20,24,26-27,32,34H,9-14H2,1H3. The second-order valence-electron chi connectivity index (χ2n) is 12.0. The van der Waals surface area contributed by atoms with Crippen LogP contribution in [0.3, 0.4) is 0 Å². The van der Waals surface area contributed by atoms with Gasteiger partial charge in [0.15, 0.2) is 0 Å². The van der Waals surface area contributed by atoms with E-state index in [1.807, 2.05) is 29.7 Å². The van der Waals surface area contributed by atoms with E-state index >= 15 is 0 Å². The first-order valence-electron chi connectivity index (χ1n) is 13.3. The van der Waals surface area contributed by atoms with Gasteiger partial charge in [0.1, 0.15) is 5.82 Å². The first-order chi connectivity index (χ1) is 17.7. The zero-order chi connectivity index (χ0) is 25.5. The smallest absolute Gasteiger partial charge is 0.241 e. The normalized spacial score (nSPS) is 32.4. The van der Waals surface area contributed by atoms with Crippen LogP contribution in [0.4, 0.5) is 4.39 Å². The number of rotatable bonds is 6. The number of hydrogen-bond acceptors (Lipinski definition) is 4. The molecule has 8 heteroatoms.